The molecule has 0 radical (unpaired) electrons. The highest BCUT2D eigenvalue weighted by Gasteiger charge is 1.99. The highest BCUT2D eigenvalue weighted by Crippen LogP contribution is 2.01. The molecule has 0 spiro atoms. The van der Waals surface area contributed by atoms with Gasteiger partial charge in [-0.15, -0.1) is 5.10 Å². The third-order valence-electron chi connectivity index (χ3n) is 1.73. The number of aryl methyl sites for hydroxylation is 1. The van der Waals surface area contributed by atoms with E-state index in [9.17, 15) is 0 Å². The van der Waals surface area contributed by atoms with Crippen molar-refractivity contribution in [2.45, 2.75) is 33.4 Å². The zero-order valence-electron chi connectivity index (χ0n) is 7.70. The second-order valence-electron chi connectivity index (χ2n) is 3.36. The molecule has 12 heavy (non-hydrogen) atoms. The molecule has 0 saturated carbocycles. The predicted molar refractivity (Wildman–Crippen MR) is 47.4 cm³/mol. The average molecular weight is 168 g/mol. The van der Waals surface area contributed by atoms with Gasteiger partial charge in [-0.25, -0.2) is 0 Å². The summed E-state index contributed by atoms with van der Waals surface area (Å²) in [5, 5.41) is 7.85. The zero-order valence-corrected chi connectivity index (χ0v) is 7.70. The van der Waals surface area contributed by atoms with E-state index < -0.39 is 0 Å². The fourth-order valence-corrected chi connectivity index (χ4v) is 0.932. The van der Waals surface area contributed by atoms with Crippen LogP contribution in [0, 0.1) is 5.92 Å². The largest absolute Gasteiger partial charge is 0.325 e. The third-order valence-corrected chi connectivity index (χ3v) is 1.73. The lowest BCUT2D eigenvalue weighted by Gasteiger charge is -2.02. The van der Waals surface area contributed by atoms with Crippen LogP contribution in [0.2, 0.25) is 0 Å². The van der Waals surface area contributed by atoms with Gasteiger partial charge in [-0.3, -0.25) is 4.68 Å². The Morgan fingerprint density at radius 1 is 1.58 bits per heavy atom. The molecule has 1 aromatic heterocycles. The van der Waals surface area contributed by atoms with Gasteiger partial charge < -0.3 is 5.73 Å². The average Bonchev–Trinajstić information content (AvgIpc) is 2.48. The Morgan fingerprint density at radius 2 is 2.33 bits per heavy atom. The molecular weight excluding hydrogens is 152 g/mol. The van der Waals surface area contributed by atoms with Crippen LogP contribution in [0.3, 0.4) is 0 Å². The SMILES string of the molecule is CC(C)CCn1cc(CN)nn1. The van der Waals surface area contributed by atoms with Crippen LogP contribution in [0.5, 0.6) is 0 Å². The molecule has 0 amide bonds. The first kappa shape index (κ1) is 9.19. The summed E-state index contributed by atoms with van der Waals surface area (Å²) in [6.45, 7) is 5.80. The molecule has 0 aromatic carbocycles. The van der Waals surface area contributed by atoms with Crippen LogP contribution in [-0.2, 0) is 13.1 Å². The van der Waals surface area contributed by atoms with Crippen molar-refractivity contribution in [2.75, 3.05) is 0 Å². The summed E-state index contributed by atoms with van der Waals surface area (Å²) >= 11 is 0. The van der Waals surface area contributed by atoms with Crippen molar-refractivity contribution in [3.8, 4) is 0 Å². The molecule has 68 valence electrons. The molecule has 4 heteroatoms. The molecule has 1 aromatic rings. The van der Waals surface area contributed by atoms with Gasteiger partial charge in [-0.1, -0.05) is 19.1 Å². The van der Waals surface area contributed by atoms with Crippen LogP contribution < -0.4 is 5.73 Å². The first-order valence-corrected chi connectivity index (χ1v) is 4.31. The fourth-order valence-electron chi connectivity index (χ4n) is 0.932. The summed E-state index contributed by atoms with van der Waals surface area (Å²) in [6.07, 6.45) is 3.04. The summed E-state index contributed by atoms with van der Waals surface area (Å²) in [4.78, 5) is 0. The molecular formula is C8H16N4. The lowest BCUT2D eigenvalue weighted by atomic mass is 10.1. The quantitative estimate of drug-likeness (QED) is 0.723. The molecule has 1 heterocycles. The number of hydrogen-bond acceptors (Lipinski definition) is 3. The van der Waals surface area contributed by atoms with Crippen molar-refractivity contribution in [1.82, 2.24) is 15.0 Å². The molecule has 1 rings (SSSR count). The van der Waals surface area contributed by atoms with Crippen LogP contribution in [0.1, 0.15) is 26.0 Å². The van der Waals surface area contributed by atoms with Gasteiger partial charge in [0.15, 0.2) is 0 Å². The first-order chi connectivity index (χ1) is 5.72. The van der Waals surface area contributed by atoms with Crippen LogP contribution in [0.4, 0.5) is 0 Å². The van der Waals surface area contributed by atoms with E-state index in [1.165, 1.54) is 0 Å². The summed E-state index contributed by atoms with van der Waals surface area (Å²) in [5.74, 6) is 0.704. The third kappa shape index (κ3) is 2.62. The van der Waals surface area contributed by atoms with E-state index >= 15 is 0 Å². The van der Waals surface area contributed by atoms with E-state index in [0.717, 1.165) is 18.7 Å². The highest BCUT2D eigenvalue weighted by molar-refractivity contribution is 4.90. The van der Waals surface area contributed by atoms with Gasteiger partial charge in [0, 0.05) is 19.3 Å². The maximum Gasteiger partial charge on any atom is 0.0962 e. The maximum atomic E-state index is 5.40. The molecule has 0 saturated heterocycles. The second kappa shape index (κ2) is 4.21. The molecule has 0 aliphatic carbocycles. The van der Waals surface area contributed by atoms with E-state index in [1.54, 1.807) is 0 Å². The van der Waals surface area contributed by atoms with Crippen LogP contribution in [0.15, 0.2) is 6.20 Å². The van der Waals surface area contributed by atoms with Gasteiger partial charge in [0.25, 0.3) is 0 Å². The van der Waals surface area contributed by atoms with Gasteiger partial charge in [-0.05, 0) is 12.3 Å². The standard InChI is InChI=1S/C8H16N4/c1-7(2)3-4-12-6-8(5-9)10-11-12/h6-7H,3-5,9H2,1-2H3. The lowest BCUT2D eigenvalue weighted by molar-refractivity contribution is 0.478. The predicted octanol–water partition coefficient (Wildman–Crippen LogP) is 0.783. The number of nitrogens with zero attached hydrogens (tertiary/aromatic N) is 3. The van der Waals surface area contributed by atoms with Crippen molar-refractivity contribution >= 4 is 0 Å². The van der Waals surface area contributed by atoms with Crippen LogP contribution in [0.25, 0.3) is 0 Å². The van der Waals surface area contributed by atoms with Crippen molar-refractivity contribution in [2.24, 2.45) is 11.7 Å². The number of hydrogen-bond donors (Lipinski definition) is 1. The monoisotopic (exact) mass is 168 g/mol. The molecule has 0 atom stereocenters. The van der Waals surface area contributed by atoms with Gasteiger partial charge in [0.2, 0.25) is 0 Å². The van der Waals surface area contributed by atoms with E-state index in [1.807, 2.05) is 10.9 Å². The Hall–Kier alpha value is -0.900. The van der Waals surface area contributed by atoms with Gasteiger partial charge in [-0.2, -0.15) is 0 Å². The Balaban J connectivity index is 2.41. The Morgan fingerprint density at radius 3 is 2.83 bits per heavy atom. The zero-order chi connectivity index (χ0) is 8.97. The van der Waals surface area contributed by atoms with Crippen LogP contribution >= 0.6 is 0 Å². The van der Waals surface area contributed by atoms with E-state index in [0.29, 0.717) is 12.5 Å². The van der Waals surface area contributed by atoms with Gasteiger partial charge in [0.05, 0.1) is 5.69 Å². The minimum absolute atomic E-state index is 0.474. The summed E-state index contributed by atoms with van der Waals surface area (Å²) in [5.41, 5.74) is 6.26. The Bertz CT molecular complexity index is 229. The second-order valence-corrected chi connectivity index (χ2v) is 3.36. The van der Waals surface area contributed by atoms with E-state index in [-0.39, 0.29) is 0 Å². The van der Waals surface area contributed by atoms with Crippen molar-refractivity contribution in [3.63, 3.8) is 0 Å². The fraction of sp³-hybridized carbons (Fsp3) is 0.750. The number of nitrogens with two attached hydrogens (primary N) is 1. The molecule has 0 fully saturated rings. The maximum absolute atomic E-state index is 5.40. The smallest absolute Gasteiger partial charge is 0.0962 e. The molecule has 0 bridgehead atoms. The van der Waals surface area contributed by atoms with Crippen molar-refractivity contribution in [1.29, 1.82) is 0 Å². The summed E-state index contributed by atoms with van der Waals surface area (Å²) in [7, 11) is 0. The highest BCUT2D eigenvalue weighted by atomic mass is 15.4. The topological polar surface area (TPSA) is 56.7 Å². The minimum Gasteiger partial charge on any atom is -0.325 e. The molecule has 0 aliphatic rings. The normalized spacial score (nSPS) is 11.0. The molecule has 4 nitrogen and oxygen atoms in total. The molecule has 2 N–H and O–H groups in total. The minimum atomic E-state index is 0.474. The lowest BCUT2D eigenvalue weighted by Crippen LogP contribution is -2.02. The Labute approximate surface area is 72.8 Å². The number of aromatic nitrogens is 3. The van der Waals surface area contributed by atoms with E-state index in [4.69, 9.17) is 5.73 Å². The van der Waals surface area contributed by atoms with E-state index in [2.05, 4.69) is 24.2 Å². The molecule has 0 aliphatic heterocycles. The Kier molecular flexibility index (Phi) is 3.22. The van der Waals surface area contributed by atoms with Crippen LogP contribution in [-0.4, -0.2) is 15.0 Å². The molecule has 0 unspecified atom stereocenters. The van der Waals surface area contributed by atoms with Crippen molar-refractivity contribution in [3.05, 3.63) is 11.9 Å². The number of rotatable bonds is 4. The van der Waals surface area contributed by atoms with Crippen molar-refractivity contribution < 1.29 is 0 Å². The summed E-state index contributed by atoms with van der Waals surface area (Å²) < 4.78 is 1.85. The summed E-state index contributed by atoms with van der Waals surface area (Å²) in [6, 6.07) is 0. The van der Waals surface area contributed by atoms with Gasteiger partial charge in [0.1, 0.15) is 0 Å². The first-order valence-electron chi connectivity index (χ1n) is 4.31. The van der Waals surface area contributed by atoms with Gasteiger partial charge >= 0.3 is 0 Å².